The van der Waals surface area contributed by atoms with Crippen molar-refractivity contribution in [1.82, 2.24) is 20.2 Å². The number of amides is 2. The highest BCUT2D eigenvalue weighted by Gasteiger charge is 2.21. The van der Waals surface area contributed by atoms with E-state index in [1.54, 1.807) is 12.4 Å². The molecule has 2 aromatic carbocycles. The first-order valence-corrected chi connectivity index (χ1v) is 12.2. The minimum absolute atomic E-state index is 0.121. The van der Waals surface area contributed by atoms with E-state index in [4.69, 9.17) is 0 Å². The molecule has 8 nitrogen and oxygen atoms in total. The first-order valence-electron chi connectivity index (χ1n) is 12.2. The smallest absolute Gasteiger partial charge is 0.319 e. The molecule has 2 aromatic heterocycles. The van der Waals surface area contributed by atoms with E-state index in [1.807, 2.05) is 66.7 Å². The third kappa shape index (κ3) is 6.09. The number of hydrogen-bond acceptors (Lipinski definition) is 6. The van der Waals surface area contributed by atoms with Crippen molar-refractivity contribution in [2.45, 2.75) is 19.9 Å². The Hall–Kier alpha value is -4.17. The summed E-state index contributed by atoms with van der Waals surface area (Å²) in [4.78, 5) is 23.4. The average molecular weight is 485 g/mol. The molecule has 0 fully saturated rings. The van der Waals surface area contributed by atoms with Crippen molar-refractivity contribution >= 4 is 28.3 Å². The molecule has 0 saturated carbocycles. The molecule has 0 aliphatic heterocycles. The minimum Gasteiger partial charge on any atom is -0.505 e. The van der Waals surface area contributed by atoms with Crippen molar-refractivity contribution in [3.05, 3.63) is 90.4 Å². The summed E-state index contributed by atoms with van der Waals surface area (Å²) in [5.74, 6) is 0.121. The standard InChI is InChI=1S/C28H32N6O2/c1-3-34(4-2)19-18-31-28(36)33-22-13-11-21(12-14-22)32-26(24-9-5-6-16-29-24)23-15-10-20-8-7-17-30-25(20)27(23)35/h5-17,26,32,35H,3-4,18-19H2,1-2H3,(H2,31,33,36). The Labute approximate surface area is 211 Å². The van der Waals surface area contributed by atoms with Gasteiger partial charge in [-0.05, 0) is 55.6 Å². The zero-order chi connectivity index (χ0) is 25.3. The van der Waals surface area contributed by atoms with Crippen LogP contribution in [0.25, 0.3) is 10.9 Å². The van der Waals surface area contributed by atoms with Gasteiger partial charge in [0.2, 0.25) is 0 Å². The number of nitrogens with one attached hydrogen (secondary N) is 3. The number of phenolic OH excluding ortho intramolecular Hbond substituents is 1. The number of nitrogens with zero attached hydrogens (tertiary/aromatic N) is 3. The number of carbonyl (C=O) groups excluding carboxylic acids is 1. The van der Waals surface area contributed by atoms with Crippen LogP contribution in [0.2, 0.25) is 0 Å². The predicted octanol–water partition coefficient (Wildman–Crippen LogP) is 5.00. The molecule has 1 unspecified atom stereocenters. The van der Waals surface area contributed by atoms with Gasteiger partial charge in [0.15, 0.2) is 0 Å². The van der Waals surface area contributed by atoms with Crippen LogP contribution in [0, 0.1) is 0 Å². The largest absolute Gasteiger partial charge is 0.505 e. The number of hydrogen-bond donors (Lipinski definition) is 4. The third-order valence-electron chi connectivity index (χ3n) is 6.14. The molecule has 0 aliphatic carbocycles. The molecule has 0 bridgehead atoms. The lowest BCUT2D eigenvalue weighted by Crippen LogP contribution is -2.36. The van der Waals surface area contributed by atoms with Gasteiger partial charge < -0.3 is 26.0 Å². The molecule has 0 aliphatic rings. The number of carbonyl (C=O) groups is 1. The molecule has 2 amide bonds. The topological polar surface area (TPSA) is 102 Å². The number of likely N-dealkylation sites (N-methyl/N-ethyl adjacent to an activating group) is 1. The van der Waals surface area contributed by atoms with Gasteiger partial charge in [0.25, 0.3) is 0 Å². The molecule has 186 valence electrons. The molecule has 0 spiro atoms. The van der Waals surface area contributed by atoms with Crippen LogP contribution in [0.15, 0.2) is 79.1 Å². The van der Waals surface area contributed by atoms with Gasteiger partial charge in [-0.25, -0.2) is 4.79 Å². The molecule has 4 aromatic rings. The predicted molar refractivity (Wildman–Crippen MR) is 144 cm³/mol. The van der Waals surface area contributed by atoms with Gasteiger partial charge in [-0.15, -0.1) is 0 Å². The molecule has 0 saturated heterocycles. The van der Waals surface area contributed by atoms with Crippen LogP contribution in [-0.4, -0.2) is 52.2 Å². The molecule has 8 heteroatoms. The Bertz CT molecular complexity index is 1280. The van der Waals surface area contributed by atoms with Gasteiger partial charge >= 0.3 is 6.03 Å². The van der Waals surface area contributed by atoms with Gasteiger partial charge in [-0.2, -0.15) is 0 Å². The third-order valence-corrected chi connectivity index (χ3v) is 6.14. The van der Waals surface area contributed by atoms with Crippen LogP contribution in [0.3, 0.4) is 0 Å². The lowest BCUT2D eigenvalue weighted by molar-refractivity contribution is 0.248. The highest BCUT2D eigenvalue weighted by Crippen LogP contribution is 2.35. The molecule has 0 radical (unpaired) electrons. The van der Waals surface area contributed by atoms with E-state index in [9.17, 15) is 9.90 Å². The van der Waals surface area contributed by atoms with E-state index in [-0.39, 0.29) is 11.8 Å². The Balaban J connectivity index is 1.48. The number of urea groups is 1. The quantitative estimate of drug-likeness (QED) is 0.253. The number of phenols is 1. The minimum atomic E-state index is -0.403. The normalized spacial score (nSPS) is 11.9. The number of anilines is 2. The second kappa shape index (κ2) is 12.0. The fourth-order valence-electron chi connectivity index (χ4n) is 4.10. The second-order valence-corrected chi connectivity index (χ2v) is 8.40. The van der Waals surface area contributed by atoms with Crippen LogP contribution in [0.1, 0.15) is 31.1 Å². The molecular weight excluding hydrogens is 452 g/mol. The molecule has 1 atom stereocenters. The number of benzene rings is 2. The van der Waals surface area contributed by atoms with E-state index in [2.05, 4.69) is 44.7 Å². The maximum atomic E-state index is 12.2. The van der Waals surface area contributed by atoms with Crippen LogP contribution >= 0.6 is 0 Å². The Morgan fingerprint density at radius 2 is 1.67 bits per heavy atom. The van der Waals surface area contributed by atoms with Gasteiger partial charge in [0.1, 0.15) is 11.3 Å². The fourth-order valence-corrected chi connectivity index (χ4v) is 4.10. The summed E-state index contributed by atoms with van der Waals surface area (Å²) >= 11 is 0. The number of pyridine rings is 2. The van der Waals surface area contributed by atoms with Crippen LogP contribution in [0.5, 0.6) is 5.75 Å². The molecule has 4 rings (SSSR count). The zero-order valence-electron chi connectivity index (χ0n) is 20.6. The number of aromatic hydroxyl groups is 1. The lowest BCUT2D eigenvalue weighted by atomic mass is 9.99. The van der Waals surface area contributed by atoms with Gasteiger partial charge in [0, 0.05) is 47.8 Å². The summed E-state index contributed by atoms with van der Waals surface area (Å²) in [5.41, 5.74) is 3.49. The summed E-state index contributed by atoms with van der Waals surface area (Å²) in [7, 11) is 0. The Morgan fingerprint density at radius 3 is 2.39 bits per heavy atom. The molecule has 4 N–H and O–H groups in total. The Kier molecular flexibility index (Phi) is 8.31. The lowest BCUT2D eigenvalue weighted by Gasteiger charge is -2.22. The van der Waals surface area contributed by atoms with E-state index < -0.39 is 6.04 Å². The summed E-state index contributed by atoms with van der Waals surface area (Å²) < 4.78 is 0. The van der Waals surface area contributed by atoms with Crippen LogP contribution in [0.4, 0.5) is 16.2 Å². The zero-order valence-corrected chi connectivity index (χ0v) is 20.6. The van der Waals surface area contributed by atoms with Crippen molar-refractivity contribution in [2.75, 3.05) is 36.8 Å². The first kappa shape index (κ1) is 24.9. The highest BCUT2D eigenvalue weighted by molar-refractivity contribution is 5.89. The van der Waals surface area contributed by atoms with Crippen molar-refractivity contribution in [1.29, 1.82) is 0 Å². The summed E-state index contributed by atoms with van der Waals surface area (Å²) in [5, 5.41) is 21.1. The number of rotatable bonds is 10. The number of aromatic nitrogens is 2. The van der Waals surface area contributed by atoms with Gasteiger partial charge in [-0.3, -0.25) is 9.97 Å². The van der Waals surface area contributed by atoms with Gasteiger partial charge in [0.05, 0.1) is 11.7 Å². The van der Waals surface area contributed by atoms with Crippen molar-refractivity contribution in [3.63, 3.8) is 0 Å². The first-order chi connectivity index (χ1) is 17.6. The van der Waals surface area contributed by atoms with E-state index in [0.29, 0.717) is 23.3 Å². The highest BCUT2D eigenvalue weighted by atomic mass is 16.3. The maximum Gasteiger partial charge on any atom is 0.319 e. The van der Waals surface area contributed by atoms with Crippen molar-refractivity contribution in [3.8, 4) is 5.75 Å². The summed E-state index contributed by atoms with van der Waals surface area (Å²) in [6.07, 6.45) is 3.40. The number of fused-ring (bicyclic) bond motifs is 1. The van der Waals surface area contributed by atoms with Crippen molar-refractivity contribution < 1.29 is 9.90 Å². The fraction of sp³-hybridized carbons (Fsp3) is 0.250. The molecular formula is C28H32N6O2. The molecule has 2 heterocycles. The Morgan fingerprint density at radius 1 is 0.917 bits per heavy atom. The van der Waals surface area contributed by atoms with Crippen LogP contribution in [-0.2, 0) is 0 Å². The van der Waals surface area contributed by atoms with Gasteiger partial charge in [-0.1, -0.05) is 38.1 Å². The molecule has 36 heavy (non-hydrogen) atoms. The average Bonchev–Trinajstić information content (AvgIpc) is 2.92. The van der Waals surface area contributed by atoms with E-state index >= 15 is 0 Å². The van der Waals surface area contributed by atoms with E-state index in [1.165, 1.54) is 0 Å². The monoisotopic (exact) mass is 484 g/mol. The van der Waals surface area contributed by atoms with Crippen LogP contribution < -0.4 is 16.0 Å². The maximum absolute atomic E-state index is 12.2. The van der Waals surface area contributed by atoms with Crippen molar-refractivity contribution in [2.24, 2.45) is 0 Å². The summed E-state index contributed by atoms with van der Waals surface area (Å²) in [6, 6.07) is 20.1. The summed E-state index contributed by atoms with van der Waals surface area (Å²) in [6.45, 7) is 7.53. The second-order valence-electron chi connectivity index (χ2n) is 8.40. The van der Waals surface area contributed by atoms with E-state index in [0.717, 1.165) is 36.4 Å². The SMILES string of the molecule is CCN(CC)CCNC(=O)Nc1ccc(NC(c2ccccn2)c2ccc3cccnc3c2O)cc1.